The first-order valence-corrected chi connectivity index (χ1v) is 8.64. The van der Waals surface area contributed by atoms with Gasteiger partial charge in [0.25, 0.3) is 6.47 Å². The number of rotatable bonds is 7. The molecule has 3 aromatic carbocycles. The maximum absolute atomic E-state index is 12.4. The van der Waals surface area contributed by atoms with E-state index in [2.05, 4.69) is 0 Å². The van der Waals surface area contributed by atoms with Gasteiger partial charge in [0, 0.05) is 5.56 Å². The lowest BCUT2D eigenvalue weighted by atomic mass is 10.0. The summed E-state index contributed by atoms with van der Waals surface area (Å²) in [4.78, 5) is 23.3. The largest absolute Gasteiger partial charge is 0.458 e. The Balaban J connectivity index is 1.67. The van der Waals surface area contributed by atoms with Crippen molar-refractivity contribution in [3.8, 4) is 11.1 Å². The fourth-order valence-corrected chi connectivity index (χ4v) is 2.85. The lowest BCUT2D eigenvalue weighted by molar-refractivity contribution is -0.163. The number of carbonyl (C=O) groups is 2. The summed E-state index contributed by atoms with van der Waals surface area (Å²) in [7, 11) is 0. The van der Waals surface area contributed by atoms with E-state index in [-0.39, 0.29) is 13.1 Å². The average molecular weight is 360 g/mol. The van der Waals surface area contributed by atoms with E-state index < -0.39 is 12.1 Å². The fraction of sp³-hybridized carbons (Fsp3) is 0.130. The lowest BCUT2D eigenvalue weighted by Gasteiger charge is -2.16. The molecule has 0 aliphatic heterocycles. The molecule has 0 N–H and O–H groups in total. The smallest absolute Gasteiger partial charge is 0.352 e. The molecule has 4 heteroatoms. The zero-order valence-electron chi connectivity index (χ0n) is 15.0. The third-order valence-corrected chi connectivity index (χ3v) is 4.32. The molecule has 3 rings (SSSR count). The van der Waals surface area contributed by atoms with Crippen LogP contribution in [-0.2, 0) is 25.7 Å². The van der Waals surface area contributed by atoms with Gasteiger partial charge in [0.15, 0.2) is 0 Å². The van der Waals surface area contributed by atoms with Gasteiger partial charge in [0.1, 0.15) is 6.61 Å². The van der Waals surface area contributed by atoms with Gasteiger partial charge in [0.2, 0.25) is 6.10 Å². The summed E-state index contributed by atoms with van der Waals surface area (Å²) in [5, 5.41) is 0. The standard InChI is InChI=1S/C23H20O4/c1-17-7-5-6-10-21(17)22(27-16-24)23(25)26-15-18-11-13-20(14-12-18)19-8-3-2-4-9-19/h2-14,16,22H,15H2,1H3. The van der Waals surface area contributed by atoms with Crippen LogP contribution >= 0.6 is 0 Å². The Morgan fingerprint density at radius 2 is 1.52 bits per heavy atom. The molecule has 0 spiro atoms. The van der Waals surface area contributed by atoms with Gasteiger partial charge in [-0.2, -0.15) is 0 Å². The first-order chi connectivity index (χ1) is 13.2. The van der Waals surface area contributed by atoms with Gasteiger partial charge in [-0.3, -0.25) is 4.79 Å². The molecule has 4 nitrogen and oxygen atoms in total. The normalized spacial score (nSPS) is 11.4. The van der Waals surface area contributed by atoms with Gasteiger partial charge in [0.05, 0.1) is 0 Å². The molecule has 0 aromatic heterocycles. The summed E-state index contributed by atoms with van der Waals surface area (Å²) in [6, 6.07) is 25.1. The van der Waals surface area contributed by atoms with Gasteiger partial charge in [-0.05, 0) is 29.2 Å². The summed E-state index contributed by atoms with van der Waals surface area (Å²) in [6.45, 7) is 2.23. The van der Waals surface area contributed by atoms with Crippen molar-refractivity contribution in [2.24, 2.45) is 0 Å². The Bertz CT molecular complexity index is 901. The van der Waals surface area contributed by atoms with Crippen LogP contribution in [0.4, 0.5) is 0 Å². The highest BCUT2D eigenvalue weighted by Crippen LogP contribution is 2.23. The van der Waals surface area contributed by atoms with Crippen molar-refractivity contribution in [2.45, 2.75) is 19.6 Å². The van der Waals surface area contributed by atoms with E-state index in [4.69, 9.17) is 9.47 Å². The molecule has 0 saturated carbocycles. The molecule has 0 bridgehead atoms. The Morgan fingerprint density at radius 1 is 0.889 bits per heavy atom. The quantitative estimate of drug-likeness (QED) is 0.456. The predicted molar refractivity (Wildman–Crippen MR) is 103 cm³/mol. The predicted octanol–water partition coefficient (Wildman–Crippen LogP) is 4.62. The minimum absolute atomic E-state index is 0.110. The number of ether oxygens (including phenoxy) is 2. The van der Waals surface area contributed by atoms with Crippen LogP contribution in [0.2, 0.25) is 0 Å². The average Bonchev–Trinajstić information content (AvgIpc) is 2.72. The number of esters is 1. The van der Waals surface area contributed by atoms with Gasteiger partial charge in [-0.25, -0.2) is 4.79 Å². The van der Waals surface area contributed by atoms with E-state index in [1.807, 2.05) is 73.7 Å². The second kappa shape index (κ2) is 8.81. The van der Waals surface area contributed by atoms with Crippen LogP contribution in [0.15, 0.2) is 78.9 Å². The highest BCUT2D eigenvalue weighted by atomic mass is 16.6. The van der Waals surface area contributed by atoms with Gasteiger partial charge >= 0.3 is 5.97 Å². The van der Waals surface area contributed by atoms with Crippen LogP contribution in [0.1, 0.15) is 22.8 Å². The maximum atomic E-state index is 12.4. The molecular formula is C23H20O4. The first-order valence-electron chi connectivity index (χ1n) is 8.64. The lowest BCUT2D eigenvalue weighted by Crippen LogP contribution is -2.19. The summed E-state index contributed by atoms with van der Waals surface area (Å²) in [5.74, 6) is -0.594. The van der Waals surface area contributed by atoms with E-state index in [1.54, 1.807) is 12.1 Å². The van der Waals surface area contributed by atoms with E-state index >= 15 is 0 Å². The van der Waals surface area contributed by atoms with Crippen molar-refractivity contribution in [1.82, 2.24) is 0 Å². The summed E-state index contributed by atoms with van der Waals surface area (Å²) >= 11 is 0. The van der Waals surface area contributed by atoms with Crippen LogP contribution in [0.5, 0.6) is 0 Å². The second-order valence-electron chi connectivity index (χ2n) is 6.14. The van der Waals surface area contributed by atoms with Crippen molar-refractivity contribution < 1.29 is 19.1 Å². The maximum Gasteiger partial charge on any atom is 0.352 e. The molecule has 1 atom stereocenters. The van der Waals surface area contributed by atoms with Gasteiger partial charge < -0.3 is 9.47 Å². The Kier molecular flexibility index (Phi) is 6.00. The number of carbonyl (C=O) groups excluding carboxylic acids is 2. The van der Waals surface area contributed by atoms with Crippen LogP contribution in [0.3, 0.4) is 0 Å². The highest BCUT2D eigenvalue weighted by molar-refractivity contribution is 5.78. The minimum atomic E-state index is -1.06. The van der Waals surface area contributed by atoms with Crippen molar-refractivity contribution in [3.63, 3.8) is 0 Å². The third-order valence-electron chi connectivity index (χ3n) is 4.32. The van der Waals surface area contributed by atoms with Crippen molar-refractivity contribution in [1.29, 1.82) is 0 Å². The van der Waals surface area contributed by atoms with Crippen LogP contribution in [-0.4, -0.2) is 12.4 Å². The molecule has 136 valence electrons. The molecular weight excluding hydrogens is 340 g/mol. The molecule has 0 aliphatic carbocycles. The number of hydrogen-bond donors (Lipinski definition) is 0. The molecule has 0 saturated heterocycles. The summed E-state index contributed by atoms with van der Waals surface area (Å²) < 4.78 is 10.4. The van der Waals surface area contributed by atoms with Gasteiger partial charge in [-0.1, -0.05) is 78.9 Å². The van der Waals surface area contributed by atoms with Crippen molar-refractivity contribution >= 4 is 12.4 Å². The van der Waals surface area contributed by atoms with E-state index in [1.165, 1.54) is 0 Å². The Hall–Kier alpha value is -3.40. The van der Waals surface area contributed by atoms with E-state index in [0.29, 0.717) is 5.56 Å². The first kappa shape index (κ1) is 18.4. The van der Waals surface area contributed by atoms with E-state index in [9.17, 15) is 9.59 Å². The molecule has 0 fully saturated rings. The fourth-order valence-electron chi connectivity index (χ4n) is 2.85. The summed E-state index contributed by atoms with van der Waals surface area (Å²) in [5.41, 5.74) is 4.55. The number of aryl methyl sites for hydroxylation is 1. The minimum Gasteiger partial charge on any atom is -0.458 e. The number of hydrogen-bond acceptors (Lipinski definition) is 4. The molecule has 0 heterocycles. The molecule has 0 amide bonds. The second-order valence-corrected chi connectivity index (χ2v) is 6.14. The number of benzene rings is 3. The topological polar surface area (TPSA) is 52.6 Å². The third kappa shape index (κ3) is 4.61. The SMILES string of the molecule is Cc1ccccc1C(OC=O)C(=O)OCc1ccc(-c2ccccc2)cc1. The van der Waals surface area contributed by atoms with Crippen molar-refractivity contribution in [3.05, 3.63) is 95.6 Å². The monoisotopic (exact) mass is 360 g/mol. The zero-order chi connectivity index (χ0) is 19.1. The van der Waals surface area contributed by atoms with E-state index in [0.717, 1.165) is 22.3 Å². The highest BCUT2D eigenvalue weighted by Gasteiger charge is 2.25. The van der Waals surface area contributed by atoms with Crippen LogP contribution < -0.4 is 0 Å². The van der Waals surface area contributed by atoms with Crippen LogP contribution in [0.25, 0.3) is 11.1 Å². The molecule has 1 unspecified atom stereocenters. The van der Waals surface area contributed by atoms with Gasteiger partial charge in [-0.15, -0.1) is 0 Å². The zero-order valence-corrected chi connectivity index (χ0v) is 15.0. The molecule has 0 radical (unpaired) electrons. The molecule has 0 aliphatic rings. The molecule has 3 aromatic rings. The Labute approximate surface area is 158 Å². The summed E-state index contributed by atoms with van der Waals surface area (Å²) in [6.07, 6.45) is -1.06. The molecule has 27 heavy (non-hydrogen) atoms. The Morgan fingerprint density at radius 3 is 2.19 bits per heavy atom. The van der Waals surface area contributed by atoms with Crippen LogP contribution in [0, 0.1) is 6.92 Å². The van der Waals surface area contributed by atoms with Crippen molar-refractivity contribution in [2.75, 3.05) is 0 Å².